The lowest BCUT2D eigenvalue weighted by atomic mass is 9.87. The van der Waals surface area contributed by atoms with Crippen LogP contribution in [0.1, 0.15) is 58.8 Å². The number of aliphatic hydroxyl groups excluding tert-OH is 1. The smallest absolute Gasteiger partial charge is 0.161 e. The summed E-state index contributed by atoms with van der Waals surface area (Å²) in [7, 11) is 0. The van der Waals surface area contributed by atoms with Gasteiger partial charge >= 0.3 is 0 Å². The van der Waals surface area contributed by atoms with Gasteiger partial charge in [-0.25, -0.2) is 0 Å². The fourth-order valence-corrected chi connectivity index (χ4v) is 2.67. The third kappa shape index (κ3) is 5.32. The molecule has 0 saturated carbocycles. The number of carbonyl (C=O) groups excluding carboxylic acids is 1. The van der Waals surface area contributed by atoms with Gasteiger partial charge in [0.05, 0.1) is 12.0 Å². The van der Waals surface area contributed by atoms with E-state index in [1.807, 2.05) is 13.0 Å². The fraction of sp³-hybridized carbons (Fsp3) is 0.706. The van der Waals surface area contributed by atoms with Crippen molar-refractivity contribution in [3.63, 3.8) is 0 Å². The molecule has 108 valence electrons. The third-order valence-electron chi connectivity index (χ3n) is 3.81. The summed E-state index contributed by atoms with van der Waals surface area (Å²) in [4.78, 5) is 11.8. The lowest BCUT2D eigenvalue weighted by Gasteiger charge is -2.21. The Morgan fingerprint density at radius 1 is 1.26 bits per heavy atom. The van der Waals surface area contributed by atoms with Gasteiger partial charge in [0.25, 0.3) is 0 Å². The first-order valence-electron chi connectivity index (χ1n) is 7.77. The van der Waals surface area contributed by atoms with Crippen LogP contribution in [0.4, 0.5) is 0 Å². The quantitative estimate of drug-likeness (QED) is 0.504. The van der Waals surface area contributed by atoms with Crippen molar-refractivity contribution in [2.45, 2.75) is 64.9 Å². The molecule has 0 aromatic rings. The van der Waals surface area contributed by atoms with Crippen molar-refractivity contribution in [1.82, 2.24) is 0 Å². The van der Waals surface area contributed by atoms with E-state index in [2.05, 4.69) is 19.1 Å². The van der Waals surface area contributed by atoms with Gasteiger partial charge in [-0.2, -0.15) is 0 Å². The first-order valence-corrected chi connectivity index (χ1v) is 7.77. The third-order valence-corrected chi connectivity index (χ3v) is 3.81. The molecule has 1 rings (SSSR count). The number of hydrogen-bond acceptors (Lipinski definition) is 2. The summed E-state index contributed by atoms with van der Waals surface area (Å²) in [5.74, 6) is -0.0614. The van der Waals surface area contributed by atoms with E-state index in [0.29, 0.717) is 6.42 Å². The highest BCUT2D eigenvalue weighted by Gasteiger charge is 2.33. The van der Waals surface area contributed by atoms with Crippen molar-refractivity contribution in [1.29, 1.82) is 0 Å². The van der Waals surface area contributed by atoms with Gasteiger partial charge in [-0.1, -0.05) is 57.8 Å². The van der Waals surface area contributed by atoms with Gasteiger partial charge in [-0.15, -0.1) is 0 Å². The topological polar surface area (TPSA) is 37.3 Å². The number of ketones is 1. The molecule has 0 aromatic heterocycles. The van der Waals surface area contributed by atoms with Crippen molar-refractivity contribution in [3.05, 3.63) is 24.3 Å². The monoisotopic (exact) mass is 264 g/mol. The predicted octanol–water partition coefficient (Wildman–Crippen LogP) is 4.05. The van der Waals surface area contributed by atoms with E-state index in [4.69, 9.17) is 0 Å². The van der Waals surface area contributed by atoms with Crippen molar-refractivity contribution in [2.75, 3.05) is 0 Å². The summed E-state index contributed by atoms with van der Waals surface area (Å²) < 4.78 is 0. The van der Waals surface area contributed by atoms with Crippen molar-refractivity contribution in [2.24, 2.45) is 11.8 Å². The molecule has 0 saturated heterocycles. The second-order valence-corrected chi connectivity index (χ2v) is 5.50. The minimum absolute atomic E-state index is 0.0848. The molecule has 0 bridgehead atoms. The highest BCUT2D eigenvalue weighted by Crippen LogP contribution is 2.29. The molecule has 1 aliphatic rings. The molecular formula is C17H28O2. The molecule has 2 heteroatoms. The second-order valence-electron chi connectivity index (χ2n) is 5.50. The molecular weight excluding hydrogens is 236 g/mol. The van der Waals surface area contributed by atoms with Crippen molar-refractivity contribution < 1.29 is 9.90 Å². The minimum Gasteiger partial charge on any atom is -0.392 e. The number of rotatable bonds is 9. The average Bonchev–Trinajstić information content (AvgIpc) is 2.75. The SMILES string of the molecule is CCCCCC/C=C/C1C=CC(=O)C1C(O)CCC. The number of unbranched alkanes of at least 4 members (excludes halogenated alkanes) is 4. The van der Waals surface area contributed by atoms with E-state index < -0.39 is 6.10 Å². The first kappa shape index (κ1) is 16.2. The van der Waals surface area contributed by atoms with Crippen LogP contribution < -0.4 is 0 Å². The van der Waals surface area contributed by atoms with Gasteiger partial charge in [0.2, 0.25) is 0 Å². The fourth-order valence-electron chi connectivity index (χ4n) is 2.67. The van der Waals surface area contributed by atoms with Crippen LogP contribution in [-0.4, -0.2) is 17.0 Å². The Morgan fingerprint density at radius 2 is 2.05 bits per heavy atom. The molecule has 1 N–H and O–H groups in total. The van der Waals surface area contributed by atoms with Crippen LogP contribution in [0.15, 0.2) is 24.3 Å². The van der Waals surface area contributed by atoms with Crippen LogP contribution in [0.3, 0.4) is 0 Å². The number of hydrogen-bond donors (Lipinski definition) is 1. The summed E-state index contributed by atoms with van der Waals surface area (Å²) >= 11 is 0. The molecule has 0 aliphatic heterocycles. The van der Waals surface area contributed by atoms with E-state index in [0.717, 1.165) is 12.8 Å². The van der Waals surface area contributed by atoms with E-state index in [9.17, 15) is 9.90 Å². The lowest BCUT2D eigenvalue weighted by Crippen LogP contribution is -2.29. The maximum absolute atomic E-state index is 11.8. The molecule has 0 spiro atoms. The Kier molecular flexibility index (Phi) is 7.73. The molecule has 19 heavy (non-hydrogen) atoms. The van der Waals surface area contributed by atoms with Crippen molar-refractivity contribution >= 4 is 5.78 Å². The molecule has 1 aliphatic carbocycles. The summed E-state index contributed by atoms with van der Waals surface area (Å²) in [5.41, 5.74) is 0. The van der Waals surface area contributed by atoms with Gasteiger partial charge < -0.3 is 5.11 Å². The van der Waals surface area contributed by atoms with Crippen molar-refractivity contribution in [3.8, 4) is 0 Å². The van der Waals surface area contributed by atoms with E-state index in [-0.39, 0.29) is 17.6 Å². The predicted molar refractivity (Wildman–Crippen MR) is 79.9 cm³/mol. The Balaban J connectivity index is 2.40. The summed E-state index contributed by atoms with van der Waals surface area (Å²) in [5, 5.41) is 10.1. The number of carbonyl (C=O) groups is 1. The van der Waals surface area contributed by atoms with E-state index in [1.54, 1.807) is 6.08 Å². The summed E-state index contributed by atoms with van der Waals surface area (Å²) in [6, 6.07) is 0. The molecule has 0 aromatic carbocycles. The maximum atomic E-state index is 11.8. The van der Waals surface area contributed by atoms with Crippen LogP contribution in [0.2, 0.25) is 0 Å². The van der Waals surface area contributed by atoms with Crippen LogP contribution in [-0.2, 0) is 4.79 Å². The van der Waals surface area contributed by atoms with Crippen LogP contribution in [0.25, 0.3) is 0 Å². The molecule has 3 unspecified atom stereocenters. The Morgan fingerprint density at radius 3 is 2.74 bits per heavy atom. The largest absolute Gasteiger partial charge is 0.392 e. The highest BCUT2D eigenvalue weighted by molar-refractivity contribution is 5.95. The van der Waals surface area contributed by atoms with Crippen LogP contribution >= 0.6 is 0 Å². The standard InChI is InChI=1S/C17H28O2/c1-3-5-6-7-8-9-11-14-12-13-16(19)17(14)15(18)10-4-2/h9,11-15,17-18H,3-8,10H2,1-2H3/b11-9+. The Bertz CT molecular complexity index is 317. The molecule has 0 amide bonds. The van der Waals surface area contributed by atoms with Gasteiger partial charge in [0.1, 0.15) is 0 Å². The lowest BCUT2D eigenvalue weighted by molar-refractivity contribution is -0.121. The maximum Gasteiger partial charge on any atom is 0.161 e. The van der Waals surface area contributed by atoms with Gasteiger partial charge in [-0.3, -0.25) is 4.79 Å². The molecule has 3 atom stereocenters. The number of allylic oxidation sites excluding steroid dienone is 4. The second kappa shape index (κ2) is 9.08. The Labute approximate surface area is 117 Å². The molecule has 0 heterocycles. The molecule has 0 radical (unpaired) electrons. The van der Waals surface area contributed by atoms with Gasteiger partial charge in [-0.05, 0) is 25.3 Å². The summed E-state index contributed by atoms with van der Waals surface area (Å²) in [6.45, 7) is 4.25. The number of aliphatic hydroxyl groups is 1. The minimum atomic E-state index is -0.498. The Hall–Kier alpha value is -0.890. The van der Waals surface area contributed by atoms with Gasteiger partial charge in [0, 0.05) is 5.92 Å². The highest BCUT2D eigenvalue weighted by atomic mass is 16.3. The normalized spacial score (nSPS) is 24.5. The van der Waals surface area contributed by atoms with E-state index >= 15 is 0 Å². The molecule has 0 fully saturated rings. The zero-order chi connectivity index (χ0) is 14.1. The zero-order valence-electron chi connectivity index (χ0n) is 12.3. The van der Waals surface area contributed by atoms with Crippen LogP contribution in [0.5, 0.6) is 0 Å². The molecule has 2 nitrogen and oxygen atoms in total. The first-order chi connectivity index (χ1) is 9.20. The van der Waals surface area contributed by atoms with Crippen LogP contribution in [0, 0.1) is 11.8 Å². The zero-order valence-corrected chi connectivity index (χ0v) is 12.3. The summed E-state index contributed by atoms with van der Waals surface area (Å²) in [6.07, 6.45) is 15.1. The average molecular weight is 264 g/mol. The van der Waals surface area contributed by atoms with Gasteiger partial charge in [0.15, 0.2) is 5.78 Å². The van der Waals surface area contributed by atoms with E-state index in [1.165, 1.54) is 25.7 Å².